The van der Waals surface area contributed by atoms with Gasteiger partial charge in [0.1, 0.15) is 5.75 Å². The highest BCUT2D eigenvalue weighted by atomic mass is 16.5. The van der Waals surface area contributed by atoms with Gasteiger partial charge >= 0.3 is 0 Å². The average Bonchev–Trinajstić information content (AvgIpc) is 2.82. The van der Waals surface area contributed by atoms with E-state index in [4.69, 9.17) is 4.74 Å². The fourth-order valence-electron chi connectivity index (χ4n) is 2.18. The summed E-state index contributed by atoms with van der Waals surface area (Å²) in [5.41, 5.74) is 0.668. The van der Waals surface area contributed by atoms with Crippen LogP contribution in [0.5, 0.6) is 5.75 Å². The number of amides is 2. The smallest absolute Gasteiger partial charge is 0.253 e. The summed E-state index contributed by atoms with van der Waals surface area (Å²) in [5, 5.41) is 0. The van der Waals surface area contributed by atoms with E-state index in [2.05, 4.69) is 0 Å². The van der Waals surface area contributed by atoms with E-state index < -0.39 is 0 Å². The van der Waals surface area contributed by atoms with Crippen LogP contribution in [0.15, 0.2) is 36.4 Å². The maximum absolute atomic E-state index is 11.3. The molecule has 1 aliphatic heterocycles. The topological polar surface area (TPSA) is 63.7 Å². The molecule has 2 amide bonds. The predicted molar refractivity (Wildman–Crippen MR) is 81.7 cm³/mol. The number of unbranched alkanes of at least 4 members (excludes halogenated alkanes) is 2. The van der Waals surface area contributed by atoms with Crippen LogP contribution in [0.1, 0.15) is 36.5 Å². The molecule has 116 valence electrons. The first kappa shape index (κ1) is 15.9. The number of carbonyl (C=O) groups is 3. The van der Waals surface area contributed by atoms with Crippen molar-refractivity contribution in [2.24, 2.45) is 0 Å². The van der Waals surface area contributed by atoms with E-state index in [1.807, 2.05) is 0 Å². The second-order valence-electron chi connectivity index (χ2n) is 5.15. The van der Waals surface area contributed by atoms with Gasteiger partial charge in [0.05, 0.1) is 6.61 Å². The molecule has 0 unspecified atom stereocenters. The molecule has 0 N–H and O–H groups in total. The Morgan fingerprint density at radius 2 is 1.64 bits per heavy atom. The number of rotatable bonds is 8. The molecule has 1 aliphatic rings. The monoisotopic (exact) mass is 301 g/mol. The van der Waals surface area contributed by atoms with Crippen molar-refractivity contribution in [1.29, 1.82) is 0 Å². The quantitative estimate of drug-likeness (QED) is 0.420. The average molecular weight is 301 g/mol. The van der Waals surface area contributed by atoms with Crippen molar-refractivity contribution in [3.8, 4) is 5.75 Å². The molecule has 22 heavy (non-hydrogen) atoms. The third-order valence-corrected chi connectivity index (χ3v) is 3.46. The maximum Gasteiger partial charge on any atom is 0.253 e. The molecule has 0 saturated carbocycles. The zero-order chi connectivity index (χ0) is 15.9. The number of hydrogen-bond donors (Lipinski definition) is 0. The van der Waals surface area contributed by atoms with Crippen LogP contribution in [0.25, 0.3) is 0 Å². The third kappa shape index (κ3) is 4.28. The summed E-state index contributed by atoms with van der Waals surface area (Å²) in [6, 6.07) is 7.05. The van der Waals surface area contributed by atoms with Gasteiger partial charge in [-0.15, -0.1) is 0 Å². The Morgan fingerprint density at radius 1 is 1.00 bits per heavy atom. The molecule has 0 fully saturated rings. The maximum atomic E-state index is 11.3. The van der Waals surface area contributed by atoms with Crippen LogP contribution in [0.4, 0.5) is 0 Å². The van der Waals surface area contributed by atoms with Gasteiger partial charge in [0.15, 0.2) is 5.78 Å². The van der Waals surface area contributed by atoms with Gasteiger partial charge in [-0.1, -0.05) is 0 Å². The molecule has 1 heterocycles. The summed E-state index contributed by atoms with van der Waals surface area (Å²) in [6.45, 7) is 2.55. The van der Waals surface area contributed by atoms with Crippen molar-refractivity contribution in [2.75, 3.05) is 13.2 Å². The highest BCUT2D eigenvalue weighted by molar-refractivity contribution is 6.12. The van der Waals surface area contributed by atoms with Crippen LogP contribution in [-0.4, -0.2) is 35.6 Å². The lowest BCUT2D eigenvalue weighted by Gasteiger charge is -2.13. The summed E-state index contributed by atoms with van der Waals surface area (Å²) < 4.78 is 5.58. The second kappa shape index (κ2) is 7.54. The highest BCUT2D eigenvalue weighted by Crippen LogP contribution is 2.13. The molecule has 1 aromatic carbocycles. The van der Waals surface area contributed by atoms with E-state index in [1.54, 1.807) is 24.3 Å². The number of carbonyl (C=O) groups excluding carboxylic acids is 3. The lowest BCUT2D eigenvalue weighted by atomic mass is 10.1. The van der Waals surface area contributed by atoms with Crippen LogP contribution < -0.4 is 4.74 Å². The molecule has 2 rings (SSSR count). The first-order valence-corrected chi connectivity index (χ1v) is 7.35. The molecule has 0 atom stereocenters. The number of nitrogens with zero attached hydrogens (tertiary/aromatic N) is 1. The van der Waals surface area contributed by atoms with Gasteiger partial charge < -0.3 is 4.74 Å². The molecule has 0 aromatic heterocycles. The molecule has 5 nitrogen and oxygen atoms in total. The Bertz CT molecular complexity index is 571. The van der Waals surface area contributed by atoms with Crippen molar-refractivity contribution in [1.82, 2.24) is 4.90 Å². The Labute approximate surface area is 129 Å². The minimum Gasteiger partial charge on any atom is -0.494 e. The SMILES string of the molecule is CC(=O)c1ccc(OCCCCCN2C(=O)C=CC2=O)cc1. The van der Waals surface area contributed by atoms with E-state index in [9.17, 15) is 14.4 Å². The van der Waals surface area contributed by atoms with Crippen LogP contribution in [0.2, 0.25) is 0 Å². The summed E-state index contributed by atoms with van der Waals surface area (Å²) in [4.78, 5) is 35.1. The second-order valence-corrected chi connectivity index (χ2v) is 5.15. The Morgan fingerprint density at radius 3 is 2.23 bits per heavy atom. The van der Waals surface area contributed by atoms with Crippen LogP contribution in [0.3, 0.4) is 0 Å². The Balaban J connectivity index is 1.60. The van der Waals surface area contributed by atoms with Crippen LogP contribution in [-0.2, 0) is 9.59 Å². The molecular weight excluding hydrogens is 282 g/mol. The number of imide groups is 1. The first-order chi connectivity index (χ1) is 10.6. The van der Waals surface area contributed by atoms with Gasteiger partial charge in [-0.3, -0.25) is 19.3 Å². The predicted octanol–water partition coefficient (Wildman–Crippen LogP) is 2.36. The van der Waals surface area contributed by atoms with Crippen LogP contribution >= 0.6 is 0 Å². The lowest BCUT2D eigenvalue weighted by Crippen LogP contribution is -2.30. The van der Waals surface area contributed by atoms with E-state index in [-0.39, 0.29) is 17.6 Å². The van der Waals surface area contributed by atoms with Gasteiger partial charge in [0, 0.05) is 24.3 Å². The summed E-state index contributed by atoms with van der Waals surface area (Å²) in [5.74, 6) is 0.310. The molecular formula is C17H19NO4. The number of hydrogen-bond acceptors (Lipinski definition) is 4. The molecule has 1 aromatic rings. The van der Waals surface area contributed by atoms with E-state index >= 15 is 0 Å². The van der Waals surface area contributed by atoms with Crippen molar-refractivity contribution in [3.63, 3.8) is 0 Å². The molecule has 0 radical (unpaired) electrons. The summed E-state index contributed by atoms with van der Waals surface area (Å²) in [7, 11) is 0. The Hall–Kier alpha value is -2.43. The highest BCUT2D eigenvalue weighted by Gasteiger charge is 2.21. The minimum atomic E-state index is -0.230. The van der Waals surface area contributed by atoms with E-state index in [0.717, 1.165) is 25.0 Å². The standard InChI is InChI=1S/C17H19NO4/c1-13(19)14-5-7-15(8-6-14)22-12-4-2-3-11-18-16(20)9-10-17(18)21/h5-10H,2-4,11-12H2,1H3. The lowest BCUT2D eigenvalue weighted by molar-refractivity contribution is -0.136. The number of ketones is 1. The number of benzene rings is 1. The zero-order valence-electron chi connectivity index (χ0n) is 12.6. The molecule has 0 spiro atoms. The minimum absolute atomic E-state index is 0.0343. The van der Waals surface area contributed by atoms with Crippen molar-refractivity contribution in [2.45, 2.75) is 26.2 Å². The largest absolute Gasteiger partial charge is 0.494 e. The molecule has 0 bridgehead atoms. The Kier molecular flexibility index (Phi) is 5.47. The summed E-state index contributed by atoms with van der Waals surface area (Å²) >= 11 is 0. The van der Waals surface area contributed by atoms with Gasteiger partial charge in [0.25, 0.3) is 11.8 Å². The zero-order valence-corrected chi connectivity index (χ0v) is 12.6. The van der Waals surface area contributed by atoms with Gasteiger partial charge in [-0.25, -0.2) is 0 Å². The van der Waals surface area contributed by atoms with Crippen molar-refractivity contribution < 1.29 is 19.1 Å². The van der Waals surface area contributed by atoms with Crippen LogP contribution in [0, 0.1) is 0 Å². The fraction of sp³-hybridized carbons (Fsp3) is 0.353. The van der Waals surface area contributed by atoms with Crippen molar-refractivity contribution >= 4 is 17.6 Å². The van der Waals surface area contributed by atoms with E-state index in [0.29, 0.717) is 18.7 Å². The third-order valence-electron chi connectivity index (χ3n) is 3.46. The summed E-state index contributed by atoms with van der Waals surface area (Å²) in [6.07, 6.45) is 5.10. The molecule has 0 aliphatic carbocycles. The van der Waals surface area contributed by atoms with Gasteiger partial charge in [-0.2, -0.15) is 0 Å². The molecule has 5 heteroatoms. The molecule has 0 saturated heterocycles. The van der Waals surface area contributed by atoms with Gasteiger partial charge in [-0.05, 0) is 50.5 Å². The number of ether oxygens (including phenoxy) is 1. The number of Topliss-reactive ketones (excluding diaryl/α,β-unsaturated/α-hetero) is 1. The van der Waals surface area contributed by atoms with Gasteiger partial charge in [0.2, 0.25) is 0 Å². The fourth-order valence-corrected chi connectivity index (χ4v) is 2.18. The van der Waals surface area contributed by atoms with Crippen molar-refractivity contribution in [3.05, 3.63) is 42.0 Å². The first-order valence-electron chi connectivity index (χ1n) is 7.35. The van der Waals surface area contributed by atoms with E-state index in [1.165, 1.54) is 24.0 Å². The normalized spacial score (nSPS) is 13.8.